The summed E-state index contributed by atoms with van der Waals surface area (Å²) in [6.45, 7) is 2.72. The fraction of sp³-hybridized carbons (Fsp3) is 0.474. The first kappa shape index (κ1) is 19.2. The van der Waals surface area contributed by atoms with Gasteiger partial charge in [0.25, 0.3) is 0 Å². The molecule has 1 amide bonds. The van der Waals surface area contributed by atoms with Gasteiger partial charge in [-0.05, 0) is 44.6 Å². The number of benzene rings is 1. The maximum Gasteiger partial charge on any atom is 0.226 e. The average molecular weight is 395 g/mol. The average Bonchev–Trinajstić information content (AvgIpc) is 3.36. The molecule has 1 aliphatic rings. The highest BCUT2D eigenvalue weighted by molar-refractivity contribution is 6.42. The van der Waals surface area contributed by atoms with Crippen LogP contribution in [0.3, 0.4) is 0 Å². The van der Waals surface area contributed by atoms with E-state index in [0.29, 0.717) is 29.7 Å². The molecule has 1 fully saturated rings. The van der Waals surface area contributed by atoms with Crippen molar-refractivity contribution in [3.63, 3.8) is 0 Å². The third kappa shape index (κ3) is 5.00. The van der Waals surface area contributed by atoms with Crippen LogP contribution in [0, 0.1) is 5.92 Å². The second-order valence-corrected chi connectivity index (χ2v) is 7.87. The lowest BCUT2D eigenvalue weighted by atomic mass is 10.2. The zero-order valence-electron chi connectivity index (χ0n) is 15.2. The second kappa shape index (κ2) is 8.42. The minimum absolute atomic E-state index is 0.204. The third-order valence-corrected chi connectivity index (χ3v) is 5.27. The molecule has 3 rings (SSSR count). The Balaban J connectivity index is 1.72. The van der Waals surface area contributed by atoms with E-state index in [9.17, 15) is 4.79 Å². The minimum atomic E-state index is 0.204. The van der Waals surface area contributed by atoms with Crippen LogP contribution in [0.1, 0.15) is 24.2 Å². The number of rotatable bonds is 8. The van der Waals surface area contributed by atoms with E-state index < -0.39 is 0 Å². The van der Waals surface area contributed by atoms with Gasteiger partial charge in [-0.25, -0.2) is 4.98 Å². The Labute approximate surface area is 164 Å². The van der Waals surface area contributed by atoms with Gasteiger partial charge >= 0.3 is 0 Å². The molecule has 0 saturated heterocycles. The Morgan fingerprint density at radius 1 is 1.23 bits per heavy atom. The summed E-state index contributed by atoms with van der Waals surface area (Å²) in [5.74, 6) is 1.33. The summed E-state index contributed by atoms with van der Waals surface area (Å²) in [6.07, 6.45) is 5.73. The summed E-state index contributed by atoms with van der Waals surface area (Å²) in [6, 6.07) is 5.62. The highest BCUT2D eigenvalue weighted by Gasteiger charge is 2.33. The van der Waals surface area contributed by atoms with E-state index in [0.717, 1.165) is 30.8 Å². The molecule has 1 aromatic heterocycles. The molecule has 1 heterocycles. The van der Waals surface area contributed by atoms with Crippen LogP contribution >= 0.6 is 23.2 Å². The van der Waals surface area contributed by atoms with E-state index in [4.69, 9.17) is 23.2 Å². The highest BCUT2D eigenvalue weighted by atomic mass is 35.5. The Morgan fingerprint density at radius 2 is 2.00 bits per heavy atom. The Kier molecular flexibility index (Phi) is 6.22. The summed E-state index contributed by atoms with van der Waals surface area (Å²) in [7, 11) is 4.04. The zero-order valence-corrected chi connectivity index (χ0v) is 16.7. The van der Waals surface area contributed by atoms with Gasteiger partial charge in [0.2, 0.25) is 5.91 Å². The quantitative estimate of drug-likeness (QED) is 0.687. The first-order valence-electron chi connectivity index (χ1n) is 8.81. The number of imidazole rings is 1. The number of carbonyl (C=O) groups is 1. The molecule has 0 atom stereocenters. The first-order valence-corrected chi connectivity index (χ1v) is 9.57. The van der Waals surface area contributed by atoms with Crippen LogP contribution in [0.25, 0.3) is 0 Å². The summed E-state index contributed by atoms with van der Waals surface area (Å²) in [5, 5.41) is 1.09. The molecule has 26 heavy (non-hydrogen) atoms. The van der Waals surface area contributed by atoms with Crippen molar-refractivity contribution in [3.8, 4) is 0 Å². The van der Waals surface area contributed by atoms with Crippen LogP contribution in [-0.2, 0) is 17.9 Å². The van der Waals surface area contributed by atoms with Gasteiger partial charge in [0.15, 0.2) is 0 Å². The molecule has 1 aliphatic carbocycles. The van der Waals surface area contributed by atoms with Gasteiger partial charge in [-0.15, -0.1) is 0 Å². The predicted molar refractivity (Wildman–Crippen MR) is 104 cm³/mol. The van der Waals surface area contributed by atoms with Crippen molar-refractivity contribution in [3.05, 3.63) is 52.0 Å². The largest absolute Gasteiger partial charge is 0.334 e. The number of carbonyl (C=O) groups excluding carboxylic acids is 1. The second-order valence-electron chi connectivity index (χ2n) is 7.06. The van der Waals surface area contributed by atoms with E-state index in [2.05, 4.69) is 14.5 Å². The van der Waals surface area contributed by atoms with E-state index in [1.807, 2.05) is 37.3 Å². The predicted octanol–water partition coefficient (Wildman–Crippen LogP) is 3.54. The molecule has 0 N–H and O–H groups in total. The molecule has 5 nitrogen and oxygen atoms in total. The van der Waals surface area contributed by atoms with Gasteiger partial charge in [0, 0.05) is 37.9 Å². The number of hydrogen-bond acceptors (Lipinski definition) is 3. The monoisotopic (exact) mass is 394 g/mol. The minimum Gasteiger partial charge on any atom is -0.334 e. The molecule has 0 bridgehead atoms. The van der Waals surface area contributed by atoms with E-state index in [1.54, 1.807) is 12.3 Å². The summed E-state index contributed by atoms with van der Waals surface area (Å²) in [5.41, 5.74) is 1.05. The first-order chi connectivity index (χ1) is 12.4. The van der Waals surface area contributed by atoms with Gasteiger partial charge in [-0.1, -0.05) is 29.3 Å². The van der Waals surface area contributed by atoms with E-state index >= 15 is 0 Å². The van der Waals surface area contributed by atoms with Crippen molar-refractivity contribution >= 4 is 29.1 Å². The molecule has 140 valence electrons. The van der Waals surface area contributed by atoms with E-state index in [-0.39, 0.29) is 11.8 Å². The van der Waals surface area contributed by atoms with Crippen LogP contribution in [0.2, 0.25) is 10.0 Å². The topological polar surface area (TPSA) is 41.4 Å². The maximum absolute atomic E-state index is 12.6. The normalized spacial score (nSPS) is 14.0. The Morgan fingerprint density at radius 3 is 2.65 bits per heavy atom. The van der Waals surface area contributed by atoms with Gasteiger partial charge in [-0.2, -0.15) is 0 Å². The summed E-state index contributed by atoms with van der Waals surface area (Å²) < 4.78 is 2.06. The number of nitrogens with zero attached hydrogens (tertiary/aromatic N) is 4. The van der Waals surface area contributed by atoms with Crippen LogP contribution < -0.4 is 0 Å². The Bertz CT molecular complexity index is 771. The lowest BCUT2D eigenvalue weighted by Gasteiger charge is -2.24. The van der Waals surface area contributed by atoms with Crippen molar-refractivity contribution in [1.82, 2.24) is 19.4 Å². The molecule has 0 spiro atoms. The number of hydrogen-bond donors (Lipinski definition) is 0. The van der Waals surface area contributed by atoms with Gasteiger partial charge in [0.1, 0.15) is 5.82 Å². The molecular formula is C19H24Cl2N4O. The lowest BCUT2D eigenvalue weighted by molar-refractivity contribution is -0.133. The van der Waals surface area contributed by atoms with Gasteiger partial charge in [-0.3, -0.25) is 4.79 Å². The molecule has 0 aliphatic heterocycles. The SMILES string of the molecule is CN(C)CCN(Cc1nccn1Cc1ccc(Cl)c(Cl)c1)C(=O)C1CC1. The molecule has 7 heteroatoms. The fourth-order valence-electron chi connectivity index (χ4n) is 2.82. The number of halogens is 2. The standard InChI is InChI=1S/C19H24Cl2N4O/c1-23(2)9-10-25(19(26)15-4-5-15)13-18-22-7-8-24(18)12-14-3-6-16(20)17(21)11-14/h3,6-8,11,15H,4-5,9-10,12-13H2,1-2H3. The van der Waals surface area contributed by atoms with Gasteiger partial charge in [0.05, 0.1) is 16.6 Å². The molecule has 0 radical (unpaired) electrons. The molecule has 1 aromatic carbocycles. The van der Waals surface area contributed by atoms with Crippen LogP contribution in [0.5, 0.6) is 0 Å². The van der Waals surface area contributed by atoms with Crippen molar-refractivity contribution in [2.75, 3.05) is 27.2 Å². The van der Waals surface area contributed by atoms with Crippen molar-refractivity contribution < 1.29 is 4.79 Å². The maximum atomic E-state index is 12.6. The van der Waals surface area contributed by atoms with E-state index in [1.165, 1.54) is 0 Å². The van der Waals surface area contributed by atoms with Gasteiger partial charge < -0.3 is 14.4 Å². The van der Waals surface area contributed by atoms with Crippen LogP contribution in [0.4, 0.5) is 0 Å². The molecule has 0 unspecified atom stereocenters. The fourth-order valence-corrected chi connectivity index (χ4v) is 3.14. The number of amides is 1. The van der Waals surface area contributed by atoms with Crippen molar-refractivity contribution in [2.45, 2.75) is 25.9 Å². The summed E-state index contributed by atoms with van der Waals surface area (Å²) >= 11 is 12.1. The highest BCUT2D eigenvalue weighted by Crippen LogP contribution is 2.31. The van der Waals surface area contributed by atoms with Crippen LogP contribution in [0.15, 0.2) is 30.6 Å². The number of aromatic nitrogens is 2. The smallest absolute Gasteiger partial charge is 0.226 e. The Hall–Kier alpha value is -1.56. The molecule has 1 saturated carbocycles. The molecular weight excluding hydrogens is 371 g/mol. The number of likely N-dealkylation sites (N-methyl/N-ethyl adjacent to an activating group) is 1. The lowest BCUT2D eigenvalue weighted by Crippen LogP contribution is -2.37. The zero-order chi connectivity index (χ0) is 18.7. The molecule has 2 aromatic rings. The summed E-state index contributed by atoms with van der Waals surface area (Å²) in [4.78, 5) is 21.1. The van der Waals surface area contributed by atoms with Crippen molar-refractivity contribution in [1.29, 1.82) is 0 Å². The third-order valence-electron chi connectivity index (χ3n) is 4.53. The van der Waals surface area contributed by atoms with Crippen LogP contribution in [-0.4, -0.2) is 52.4 Å². The van der Waals surface area contributed by atoms with Crippen molar-refractivity contribution in [2.24, 2.45) is 5.92 Å².